The van der Waals surface area contributed by atoms with E-state index in [0.717, 1.165) is 5.57 Å². The normalized spacial score (nSPS) is 8.15. The molecule has 0 aliphatic heterocycles. The molecule has 0 N–H and O–H groups in total. The SMILES string of the molecule is C=C1C=CC=C1.C=O.[Cl-].[Cl-].[Cl-].[Cl-].[Pt+4]. The first kappa shape index (κ1) is 37.2. The maximum absolute atomic E-state index is 8.00. The molecule has 0 aromatic carbocycles. The summed E-state index contributed by atoms with van der Waals surface area (Å²) in [5.74, 6) is 0. The Morgan fingerprint density at radius 2 is 1.08 bits per heavy atom. The average Bonchev–Trinajstić information content (AvgIpc) is 2.24. The maximum atomic E-state index is 8.00. The molecule has 0 fully saturated rings. The second kappa shape index (κ2) is 29.3. The molecule has 0 heterocycles. The Morgan fingerprint density at radius 1 is 0.846 bits per heavy atom. The summed E-state index contributed by atoms with van der Waals surface area (Å²) in [6.07, 6.45) is 7.89. The van der Waals surface area contributed by atoms with Crippen molar-refractivity contribution in [1.82, 2.24) is 0 Å². The third-order valence-electron chi connectivity index (χ3n) is 0.732. The second-order valence-corrected chi connectivity index (χ2v) is 1.29. The summed E-state index contributed by atoms with van der Waals surface area (Å²) in [6, 6.07) is 0. The van der Waals surface area contributed by atoms with E-state index >= 15 is 0 Å². The van der Waals surface area contributed by atoms with Gasteiger partial charge >= 0.3 is 21.1 Å². The zero-order valence-corrected chi connectivity index (χ0v) is 11.8. The van der Waals surface area contributed by atoms with Crippen molar-refractivity contribution < 1.29 is 75.5 Å². The molecule has 0 amide bonds. The van der Waals surface area contributed by atoms with Crippen LogP contribution in [-0.4, -0.2) is 6.79 Å². The van der Waals surface area contributed by atoms with Gasteiger partial charge in [0.1, 0.15) is 6.79 Å². The molecule has 0 atom stereocenters. The monoisotopic (exact) mass is 443 g/mol. The van der Waals surface area contributed by atoms with Crippen LogP contribution < -0.4 is 49.6 Å². The van der Waals surface area contributed by atoms with Gasteiger partial charge in [0.25, 0.3) is 0 Å². The summed E-state index contributed by atoms with van der Waals surface area (Å²) in [5, 5.41) is 0. The van der Waals surface area contributed by atoms with Gasteiger partial charge in [0.2, 0.25) is 0 Å². The minimum absolute atomic E-state index is 0. The molecule has 1 aliphatic carbocycles. The van der Waals surface area contributed by atoms with E-state index in [1.165, 1.54) is 0 Å². The van der Waals surface area contributed by atoms with Crippen LogP contribution in [0.3, 0.4) is 0 Å². The van der Waals surface area contributed by atoms with Gasteiger partial charge in [-0.15, -0.1) is 0 Å². The van der Waals surface area contributed by atoms with Crippen LogP contribution in [-0.2, 0) is 25.9 Å². The first-order chi connectivity index (χ1) is 3.89. The number of hydrogen-bond donors (Lipinski definition) is 0. The minimum atomic E-state index is 0. The molecule has 13 heavy (non-hydrogen) atoms. The van der Waals surface area contributed by atoms with E-state index in [1.807, 2.05) is 31.1 Å². The van der Waals surface area contributed by atoms with E-state index in [2.05, 4.69) is 6.58 Å². The summed E-state index contributed by atoms with van der Waals surface area (Å²) < 4.78 is 0. The van der Waals surface area contributed by atoms with Crippen molar-refractivity contribution in [2.75, 3.05) is 0 Å². The Kier molecular flexibility index (Phi) is 83.9. The van der Waals surface area contributed by atoms with Crippen LogP contribution in [0.1, 0.15) is 0 Å². The summed E-state index contributed by atoms with van der Waals surface area (Å²) in [5.41, 5.74) is 1.09. The predicted molar refractivity (Wildman–Crippen MR) is 34.5 cm³/mol. The fraction of sp³-hybridized carbons (Fsp3) is 0. The predicted octanol–water partition coefficient (Wildman–Crippen LogP) is -10.5. The molecule has 0 unspecified atom stereocenters. The molecule has 0 spiro atoms. The van der Waals surface area contributed by atoms with E-state index in [0.29, 0.717) is 0 Å². The minimum Gasteiger partial charge on any atom is -1.00 e. The van der Waals surface area contributed by atoms with E-state index in [9.17, 15) is 0 Å². The fourth-order valence-corrected chi connectivity index (χ4v) is 0.414. The van der Waals surface area contributed by atoms with Gasteiger partial charge < -0.3 is 54.4 Å². The van der Waals surface area contributed by atoms with Crippen LogP contribution in [0.2, 0.25) is 0 Å². The van der Waals surface area contributed by atoms with Crippen molar-refractivity contribution in [2.45, 2.75) is 0 Å². The van der Waals surface area contributed by atoms with Crippen molar-refractivity contribution in [2.24, 2.45) is 0 Å². The average molecular weight is 445 g/mol. The van der Waals surface area contributed by atoms with Crippen molar-refractivity contribution in [3.05, 3.63) is 36.5 Å². The van der Waals surface area contributed by atoms with Gasteiger partial charge in [-0.1, -0.05) is 30.9 Å². The molecule has 0 bridgehead atoms. The molecular weight excluding hydrogens is 437 g/mol. The molecule has 1 rings (SSSR count). The molecule has 1 aliphatic rings. The van der Waals surface area contributed by atoms with Gasteiger partial charge in [-0.25, -0.2) is 0 Å². The molecular formula is C7H8Cl4OPt. The number of carbonyl (C=O) groups excluding carboxylic acids is 1. The van der Waals surface area contributed by atoms with E-state index in [1.54, 1.807) is 0 Å². The Morgan fingerprint density at radius 3 is 1.15 bits per heavy atom. The smallest absolute Gasteiger partial charge is 1.00 e. The maximum Gasteiger partial charge on any atom is 4.00 e. The number of allylic oxidation sites excluding steroid dienone is 5. The van der Waals surface area contributed by atoms with Crippen LogP contribution in [0.5, 0.6) is 0 Å². The number of halogens is 4. The molecule has 0 radical (unpaired) electrons. The van der Waals surface area contributed by atoms with E-state index < -0.39 is 0 Å². The zero-order chi connectivity index (χ0) is 6.41. The Bertz CT molecular complexity index is 133. The molecule has 0 saturated heterocycles. The summed E-state index contributed by atoms with van der Waals surface area (Å²) in [7, 11) is 0. The summed E-state index contributed by atoms with van der Waals surface area (Å²) in [4.78, 5) is 8.00. The Hall–Kier alpha value is 0.738. The number of hydrogen-bond acceptors (Lipinski definition) is 1. The van der Waals surface area contributed by atoms with Gasteiger partial charge in [-0.05, 0) is 5.57 Å². The second-order valence-electron chi connectivity index (χ2n) is 1.29. The third kappa shape index (κ3) is 24.5. The standard InChI is InChI=1S/C6H6.CH2O.4ClH.Pt/c1-6-4-2-3-5-6;1-2;;;;;/h2-5H,1H2;1H2;4*1H;/q;;;;;;+4/p-4. The largest absolute Gasteiger partial charge is 4.00 e. The van der Waals surface area contributed by atoms with Crippen molar-refractivity contribution in [1.29, 1.82) is 0 Å². The van der Waals surface area contributed by atoms with Crippen LogP contribution in [0.4, 0.5) is 0 Å². The van der Waals surface area contributed by atoms with Gasteiger partial charge in [-0.3, -0.25) is 0 Å². The summed E-state index contributed by atoms with van der Waals surface area (Å²) in [6.45, 7) is 5.68. The number of rotatable bonds is 0. The van der Waals surface area contributed by atoms with Crippen molar-refractivity contribution in [3.63, 3.8) is 0 Å². The van der Waals surface area contributed by atoms with Crippen molar-refractivity contribution >= 4 is 6.79 Å². The van der Waals surface area contributed by atoms with Crippen LogP contribution in [0.15, 0.2) is 36.5 Å². The molecule has 6 heteroatoms. The van der Waals surface area contributed by atoms with Crippen molar-refractivity contribution in [3.8, 4) is 0 Å². The fourth-order valence-electron chi connectivity index (χ4n) is 0.414. The third-order valence-corrected chi connectivity index (χ3v) is 0.732. The van der Waals surface area contributed by atoms with Crippen LogP contribution >= 0.6 is 0 Å². The van der Waals surface area contributed by atoms with E-state index in [-0.39, 0.29) is 70.7 Å². The molecule has 1 nitrogen and oxygen atoms in total. The zero-order valence-electron chi connectivity index (χ0n) is 6.46. The number of carbonyl (C=O) groups is 1. The molecule has 0 aromatic rings. The van der Waals surface area contributed by atoms with Crippen LogP contribution in [0, 0.1) is 0 Å². The summed E-state index contributed by atoms with van der Waals surface area (Å²) >= 11 is 0. The van der Waals surface area contributed by atoms with Crippen LogP contribution in [0.25, 0.3) is 0 Å². The first-order valence-corrected chi connectivity index (χ1v) is 2.22. The van der Waals surface area contributed by atoms with Gasteiger partial charge in [0, 0.05) is 0 Å². The molecule has 0 aromatic heterocycles. The van der Waals surface area contributed by atoms with E-state index in [4.69, 9.17) is 4.79 Å². The topological polar surface area (TPSA) is 17.1 Å². The quantitative estimate of drug-likeness (QED) is 0.363. The Balaban J connectivity index is -0.0000000166. The molecule has 80 valence electrons. The van der Waals surface area contributed by atoms with Gasteiger partial charge in [0.05, 0.1) is 0 Å². The first-order valence-electron chi connectivity index (χ1n) is 2.22. The molecule has 0 saturated carbocycles. The Labute approximate surface area is 118 Å². The van der Waals surface area contributed by atoms with Gasteiger partial charge in [0.15, 0.2) is 0 Å². The van der Waals surface area contributed by atoms with Gasteiger partial charge in [-0.2, -0.15) is 0 Å².